The van der Waals surface area contributed by atoms with E-state index in [-0.39, 0.29) is 10.7 Å². The van der Waals surface area contributed by atoms with Gasteiger partial charge in [0.15, 0.2) is 0 Å². The van der Waals surface area contributed by atoms with Crippen molar-refractivity contribution in [3.8, 4) is 5.75 Å². The van der Waals surface area contributed by atoms with Crippen molar-refractivity contribution in [2.24, 2.45) is 0 Å². The van der Waals surface area contributed by atoms with Gasteiger partial charge in [0.25, 0.3) is 0 Å². The topological polar surface area (TPSA) is 64.4 Å². The van der Waals surface area contributed by atoms with Gasteiger partial charge in [-0.3, -0.25) is 10.1 Å². The van der Waals surface area contributed by atoms with Gasteiger partial charge in [-0.2, -0.15) is 0 Å². The van der Waals surface area contributed by atoms with Crippen molar-refractivity contribution in [3.63, 3.8) is 0 Å². The van der Waals surface area contributed by atoms with Crippen LogP contribution in [0.2, 0.25) is 5.02 Å². The molecule has 0 atom stereocenters. The van der Waals surface area contributed by atoms with Gasteiger partial charge in [0.2, 0.25) is 0 Å². The number of benzene rings is 2. The Morgan fingerprint density at radius 3 is 2.76 bits per heavy atom. The first-order chi connectivity index (χ1) is 10.1. The maximum absolute atomic E-state index is 11.0. The van der Waals surface area contributed by atoms with Crippen LogP contribution in [0.25, 0.3) is 0 Å². The summed E-state index contributed by atoms with van der Waals surface area (Å²) in [5.41, 5.74) is 1.39. The van der Waals surface area contributed by atoms with Gasteiger partial charge >= 0.3 is 5.69 Å². The van der Waals surface area contributed by atoms with E-state index in [0.29, 0.717) is 18.8 Å². The van der Waals surface area contributed by atoms with E-state index in [4.69, 9.17) is 16.3 Å². The number of nitrogens with one attached hydrogen (secondary N) is 1. The molecule has 0 aliphatic carbocycles. The molecule has 0 unspecified atom stereocenters. The van der Waals surface area contributed by atoms with Crippen molar-refractivity contribution in [2.45, 2.75) is 6.92 Å². The summed E-state index contributed by atoms with van der Waals surface area (Å²) in [6.07, 6.45) is 0. The molecular weight excluding hydrogens is 292 g/mol. The lowest BCUT2D eigenvalue weighted by Gasteiger charge is -2.09. The Balaban J connectivity index is 1.92. The lowest BCUT2D eigenvalue weighted by atomic mass is 10.2. The Bertz CT molecular complexity index is 647. The molecule has 0 amide bonds. The van der Waals surface area contributed by atoms with Crippen LogP contribution in [-0.2, 0) is 0 Å². The molecule has 2 aromatic rings. The second-order valence-corrected chi connectivity index (χ2v) is 4.89. The minimum atomic E-state index is -0.494. The molecule has 0 aliphatic rings. The number of rotatable bonds is 6. The highest BCUT2D eigenvalue weighted by atomic mass is 35.5. The number of nitro groups is 1. The smallest absolute Gasteiger partial charge is 0.310 e. The maximum Gasteiger partial charge on any atom is 0.310 e. The molecular formula is C15H15ClN2O3. The van der Waals surface area contributed by atoms with Gasteiger partial charge in [0, 0.05) is 6.54 Å². The number of nitro benzene ring substituents is 1. The molecule has 21 heavy (non-hydrogen) atoms. The number of para-hydroxylation sites is 1. The Morgan fingerprint density at radius 2 is 2.05 bits per heavy atom. The van der Waals surface area contributed by atoms with Crippen molar-refractivity contribution in [2.75, 3.05) is 18.5 Å². The van der Waals surface area contributed by atoms with E-state index in [9.17, 15) is 10.1 Å². The first-order valence-electron chi connectivity index (χ1n) is 6.44. The van der Waals surface area contributed by atoms with Crippen LogP contribution in [-0.4, -0.2) is 18.1 Å². The molecule has 0 aliphatic heterocycles. The summed E-state index contributed by atoms with van der Waals surface area (Å²) in [6, 6.07) is 12.5. The highest BCUT2D eigenvalue weighted by Crippen LogP contribution is 2.31. The molecule has 5 nitrogen and oxygen atoms in total. The number of hydrogen-bond donors (Lipinski definition) is 1. The summed E-state index contributed by atoms with van der Waals surface area (Å²) in [7, 11) is 0. The third-order valence-electron chi connectivity index (χ3n) is 2.85. The molecule has 2 aromatic carbocycles. The largest absolute Gasteiger partial charge is 0.492 e. The van der Waals surface area contributed by atoms with Gasteiger partial charge in [-0.1, -0.05) is 29.8 Å². The molecule has 0 radical (unpaired) electrons. The Labute approximate surface area is 127 Å². The first kappa shape index (κ1) is 15.1. The number of halogens is 1. The number of nitrogens with zero attached hydrogens (tertiary/aromatic N) is 1. The fraction of sp³-hybridized carbons (Fsp3) is 0.200. The summed E-state index contributed by atoms with van der Waals surface area (Å²) >= 11 is 5.84. The number of ether oxygens (including phenoxy) is 1. The monoisotopic (exact) mass is 306 g/mol. The van der Waals surface area contributed by atoms with Gasteiger partial charge in [0.1, 0.15) is 23.1 Å². The number of hydrogen-bond acceptors (Lipinski definition) is 4. The van der Waals surface area contributed by atoms with Gasteiger partial charge in [-0.05, 0) is 36.8 Å². The van der Waals surface area contributed by atoms with E-state index in [1.165, 1.54) is 6.07 Å². The van der Waals surface area contributed by atoms with Gasteiger partial charge in [-0.25, -0.2) is 0 Å². The minimum absolute atomic E-state index is 0.115. The van der Waals surface area contributed by atoms with Crippen LogP contribution in [0.4, 0.5) is 11.4 Å². The molecule has 0 heterocycles. The van der Waals surface area contributed by atoms with Crippen LogP contribution in [0, 0.1) is 17.0 Å². The summed E-state index contributed by atoms with van der Waals surface area (Å²) in [4.78, 5) is 10.5. The van der Waals surface area contributed by atoms with Crippen molar-refractivity contribution in [1.29, 1.82) is 0 Å². The quantitative estimate of drug-likeness (QED) is 0.497. The highest BCUT2D eigenvalue weighted by Gasteiger charge is 2.17. The summed E-state index contributed by atoms with van der Waals surface area (Å²) in [5, 5.41) is 14.1. The van der Waals surface area contributed by atoms with Crippen molar-refractivity contribution in [3.05, 3.63) is 63.2 Å². The normalized spacial score (nSPS) is 10.2. The Hall–Kier alpha value is -2.27. The van der Waals surface area contributed by atoms with Gasteiger partial charge in [0.05, 0.1) is 4.92 Å². The fourth-order valence-corrected chi connectivity index (χ4v) is 2.15. The predicted molar refractivity (Wildman–Crippen MR) is 83.3 cm³/mol. The van der Waals surface area contributed by atoms with Crippen molar-refractivity contribution in [1.82, 2.24) is 0 Å². The van der Waals surface area contributed by atoms with Gasteiger partial charge in [-0.15, -0.1) is 0 Å². The highest BCUT2D eigenvalue weighted by molar-refractivity contribution is 6.33. The first-order valence-corrected chi connectivity index (χ1v) is 6.82. The maximum atomic E-state index is 11.0. The van der Waals surface area contributed by atoms with Crippen LogP contribution < -0.4 is 10.1 Å². The van der Waals surface area contributed by atoms with E-state index in [1.807, 2.05) is 31.2 Å². The van der Waals surface area contributed by atoms with E-state index in [2.05, 4.69) is 5.32 Å². The minimum Gasteiger partial charge on any atom is -0.492 e. The van der Waals surface area contributed by atoms with Crippen LogP contribution in [0.3, 0.4) is 0 Å². The van der Waals surface area contributed by atoms with Crippen LogP contribution >= 0.6 is 11.6 Å². The zero-order valence-electron chi connectivity index (χ0n) is 11.5. The van der Waals surface area contributed by atoms with Crippen molar-refractivity contribution >= 4 is 23.0 Å². The van der Waals surface area contributed by atoms with Gasteiger partial charge < -0.3 is 10.1 Å². The third kappa shape index (κ3) is 4.10. The van der Waals surface area contributed by atoms with Crippen molar-refractivity contribution < 1.29 is 9.66 Å². The summed E-state index contributed by atoms with van der Waals surface area (Å²) < 4.78 is 5.57. The Kier molecular flexibility index (Phi) is 5.00. The van der Waals surface area contributed by atoms with Crippen LogP contribution in [0.1, 0.15) is 5.56 Å². The standard InChI is InChI=1S/C15H15ClN2O3/c1-11-4-2-5-12(10-11)21-9-8-17-14-7-3-6-13(16)15(14)18(19)20/h2-7,10,17H,8-9H2,1H3. The molecule has 0 bridgehead atoms. The van der Waals surface area contributed by atoms with E-state index in [1.54, 1.807) is 12.1 Å². The average molecular weight is 307 g/mol. The van der Waals surface area contributed by atoms with E-state index in [0.717, 1.165) is 11.3 Å². The third-order valence-corrected chi connectivity index (χ3v) is 3.15. The van der Waals surface area contributed by atoms with Crippen LogP contribution in [0.5, 0.6) is 5.75 Å². The predicted octanol–water partition coefficient (Wildman–Crippen LogP) is 4.05. The lowest BCUT2D eigenvalue weighted by Crippen LogP contribution is -2.12. The molecule has 0 fully saturated rings. The van der Waals surface area contributed by atoms with Crippen LogP contribution in [0.15, 0.2) is 42.5 Å². The molecule has 0 spiro atoms. The van der Waals surface area contributed by atoms with E-state index < -0.39 is 4.92 Å². The average Bonchev–Trinajstić information content (AvgIpc) is 2.43. The molecule has 2 rings (SSSR count). The molecule has 0 saturated heterocycles. The summed E-state index contributed by atoms with van der Waals surface area (Å²) in [5.74, 6) is 0.775. The SMILES string of the molecule is Cc1cccc(OCCNc2cccc(Cl)c2[N+](=O)[O-])c1. The number of aryl methyl sites for hydroxylation is 1. The zero-order chi connectivity index (χ0) is 15.2. The molecule has 6 heteroatoms. The summed E-state index contributed by atoms with van der Waals surface area (Å²) in [6.45, 7) is 2.82. The van der Waals surface area contributed by atoms with E-state index >= 15 is 0 Å². The molecule has 0 aromatic heterocycles. The second-order valence-electron chi connectivity index (χ2n) is 4.48. The zero-order valence-corrected chi connectivity index (χ0v) is 12.3. The molecule has 1 N–H and O–H groups in total. The Morgan fingerprint density at radius 1 is 1.29 bits per heavy atom. The fourth-order valence-electron chi connectivity index (χ4n) is 1.90. The second kappa shape index (κ2) is 6.95. The molecule has 110 valence electrons. The number of anilines is 1. The lowest BCUT2D eigenvalue weighted by molar-refractivity contribution is -0.383. The molecule has 0 saturated carbocycles.